The average Bonchev–Trinajstić information content (AvgIpc) is 2.83. The summed E-state index contributed by atoms with van der Waals surface area (Å²) in [4.78, 5) is 84.1. The van der Waals surface area contributed by atoms with Crippen molar-refractivity contribution < 1.29 is 48.9 Å². The summed E-state index contributed by atoms with van der Waals surface area (Å²) in [7, 11) is 0. The molecule has 0 saturated heterocycles. The maximum Gasteiger partial charge on any atom is 0.326 e. The molecule has 0 aromatic heterocycles. The zero-order valence-corrected chi connectivity index (χ0v) is 22.6. The first-order valence-electron chi connectivity index (χ1n) is 12.3. The van der Waals surface area contributed by atoms with Crippen LogP contribution in [0.5, 0.6) is 0 Å². The molecular formula is C23H40N6O10. The van der Waals surface area contributed by atoms with Crippen LogP contribution in [0.15, 0.2) is 0 Å². The van der Waals surface area contributed by atoms with Gasteiger partial charge in [0.05, 0.1) is 25.6 Å². The standard InChI is InChI=1S/C23H40N6O10/c1-10(2)6-14(23(38)39)27-16(31)8-25-20(35)13(7-17(32)33)28-19(34)12(5)26-21(36)15(9-30)29-22(37)18(24)11(3)4/h10-15,18,30H,6-9,24H2,1-5H3,(H,25,35)(H,26,36)(H,27,31)(H,28,34)(H,29,37)(H,32,33)(H,38,39)/t12-,13-,14-,15-,18-/m0/s1. The van der Waals surface area contributed by atoms with Crippen LogP contribution in [0.2, 0.25) is 0 Å². The van der Waals surface area contributed by atoms with E-state index in [-0.39, 0.29) is 18.3 Å². The van der Waals surface area contributed by atoms with E-state index in [2.05, 4.69) is 26.6 Å². The number of nitrogens with one attached hydrogen (secondary N) is 5. The van der Waals surface area contributed by atoms with Crippen LogP contribution in [0.4, 0.5) is 0 Å². The Hall–Kier alpha value is -3.79. The molecule has 39 heavy (non-hydrogen) atoms. The van der Waals surface area contributed by atoms with Crippen LogP contribution in [-0.4, -0.2) is 100 Å². The summed E-state index contributed by atoms with van der Waals surface area (Å²) in [5, 5.41) is 38.8. The predicted octanol–water partition coefficient (Wildman–Crippen LogP) is -3.36. The van der Waals surface area contributed by atoms with Crippen molar-refractivity contribution in [3.8, 4) is 0 Å². The molecule has 0 fully saturated rings. The van der Waals surface area contributed by atoms with E-state index in [1.807, 2.05) is 0 Å². The van der Waals surface area contributed by atoms with Crippen LogP contribution in [0.25, 0.3) is 0 Å². The molecule has 222 valence electrons. The van der Waals surface area contributed by atoms with Crippen molar-refractivity contribution in [2.24, 2.45) is 17.6 Å². The van der Waals surface area contributed by atoms with Crippen LogP contribution in [-0.2, 0) is 33.6 Å². The minimum Gasteiger partial charge on any atom is -0.481 e. The lowest BCUT2D eigenvalue weighted by molar-refractivity contribution is -0.143. The molecule has 0 radical (unpaired) electrons. The Labute approximate surface area is 225 Å². The highest BCUT2D eigenvalue weighted by Gasteiger charge is 2.30. The summed E-state index contributed by atoms with van der Waals surface area (Å²) in [6.07, 6.45) is -0.727. The van der Waals surface area contributed by atoms with E-state index in [0.717, 1.165) is 0 Å². The number of hydrogen-bond donors (Lipinski definition) is 9. The van der Waals surface area contributed by atoms with E-state index in [1.165, 1.54) is 6.92 Å². The fourth-order valence-corrected chi connectivity index (χ4v) is 3.05. The maximum atomic E-state index is 12.6. The van der Waals surface area contributed by atoms with Gasteiger partial charge in [-0.3, -0.25) is 28.8 Å². The molecular weight excluding hydrogens is 520 g/mol. The first kappa shape index (κ1) is 35.2. The van der Waals surface area contributed by atoms with E-state index in [1.54, 1.807) is 27.7 Å². The van der Waals surface area contributed by atoms with E-state index >= 15 is 0 Å². The molecule has 0 saturated carbocycles. The van der Waals surface area contributed by atoms with Crippen LogP contribution in [0, 0.1) is 11.8 Å². The first-order chi connectivity index (χ1) is 18.0. The molecule has 0 aromatic carbocycles. The summed E-state index contributed by atoms with van der Waals surface area (Å²) in [5.74, 6) is -7.50. The van der Waals surface area contributed by atoms with Crippen molar-refractivity contribution in [1.82, 2.24) is 26.6 Å². The normalized spacial score (nSPS) is 14.8. The van der Waals surface area contributed by atoms with E-state index in [0.29, 0.717) is 0 Å². The second-order valence-electron chi connectivity index (χ2n) is 9.71. The number of aliphatic hydroxyl groups is 1. The highest BCUT2D eigenvalue weighted by Crippen LogP contribution is 2.05. The molecule has 0 aliphatic carbocycles. The molecule has 0 rings (SSSR count). The van der Waals surface area contributed by atoms with Crippen LogP contribution in [0.3, 0.4) is 0 Å². The second kappa shape index (κ2) is 16.9. The smallest absolute Gasteiger partial charge is 0.326 e. The van der Waals surface area contributed by atoms with E-state index in [4.69, 9.17) is 10.8 Å². The number of carbonyl (C=O) groups excluding carboxylic acids is 5. The lowest BCUT2D eigenvalue weighted by Crippen LogP contribution is -2.58. The monoisotopic (exact) mass is 560 g/mol. The number of carboxylic acid groups (broad SMARTS) is 2. The van der Waals surface area contributed by atoms with Gasteiger partial charge in [0.2, 0.25) is 29.5 Å². The second-order valence-corrected chi connectivity index (χ2v) is 9.71. The molecule has 5 amide bonds. The fourth-order valence-electron chi connectivity index (χ4n) is 3.05. The van der Waals surface area contributed by atoms with Crippen LogP contribution in [0.1, 0.15) is 47.5 Å². The van der Waals surface area contributed by atoms with Crippen molar-refractivity contribution in [2.45, 2.75) is 77.7 Å². The van der Waals surface area contributed by atoms with Crippen molar-refractivity contribution in [2.75, 3.05) is 13.2 Å². The first-order valence-corrected chi connectivity index (χ1v) is 12.3. The van der Waals surface area contributed by atoms with Crippen molar-refractivity contribution in [1.29, 1.82) is 0 Å². The lowest BCUT2D eigenvalue weighted by atomic mass is 10.0. The molecule has 5 atom stereocenters. The largest absolute Gasteiger partial charge is 0.481 e. The van der Waals surface area contributed by atoms with Crippen molar-refractivity contribution in [3.63, 3.8) is 0 Å². The van der Waals surface area contributed by atoms with Crippen molar-refractivity contribution in [3.05, 3.63) is 0 Å². The van der Waals surface area contributed by atoms with Gasteiger partial charge in [-0.05, 0) is 25.2 Å². The van der Waals surface area contributed by atoms with E-state index < -0.39 is 91.3 Å². The third-order valence-electron chi connectivity index (χ3n) is 5.36. The number of nitrogens with two attached hydrogens (primary N) is 1. The number of rotatable bonds is 17. The zero-order valence-electron chi connectivity index (χ0n) is 22.6. The fraction of sp³-hybridized carbons (Fsp3) is 0.696. The molecule has 0 unspecified atom stereocenters. The van der Waals surface area contributed by atoms with Crippen LogP contribution < -0.4 is 32.3 Å². The Morgan fingerprint density at radius 3 is 1.74 bits per heavy atom. The molecule has 0 aliphatic heterocycles. The van der Waals surface area contributed by atoms with Gasteiger partial charge in [-0.25, -0.2) is 4.79 Å². The topological polar surface area (TPSA) is 266 Å². The molecule has 10 N–H and O–H groups in total. The van der Waals surface area contributed by atoms with E-state index in [9.17, 15) is 43.8 Å². The summed E-state index contributed by atoms with van der Waals surface area (Å²) in [6.45, 7) is 6.61. The molecule has 0 aliphatic rings. The minimum absolute atomic E-state index is 0.0415. The number of carbonyl (C=O) groups is 7. The molecule has 0 spiro atoms. The number of hydrogen-bond acceptors (Lipinski definition) is 9. The number of aliphatic carboxylic acids is 2. The molecule has 0 aromatic rings. The Kier molecular flexibility index (Phi) is 15.3. The van der Waals surface area contributed by atoms with Gasteiger partial charge in [-0.1, -0.05) is 27.7 Å². The summed E-state index contributed by atoms with van der Waals surface area (Å²) in [6, 6.07) is -6.55. The predicted molar refractivity (Wildman–Crippen MR) is 136 cm³/mol. The van der Waals surface area contributed by atoms with Gasteiger partial charge in [-0.2, -0.15) is 0 Å². The Morgan fingerprint density at radius 1 is 0.718 bits per heavy atom. The Bertz CT molecular complexity index is 910. The maximum absolute atomic E-state index is 12.6. The van der Waals surface area contributed by atoms with Gasteiger partial charge in [-0.15, -0.1) is 0 Å². The zero-order chi connectivity index (χ0) is 30.4. The average molecular weight is 561 g/mol. The van der Waals surface area contributed by atoms with Crippen LogP contribution >= 0.6 is 0 Å². The number of aliphatic hydroxyl groups excluding tert-OH is 1. The van der Waals surface area contributed by atoms with Gasteiger partial charge in [0, 0.05) is 0 Å². The molecule has 0 heterocycles. The van der Waals surface area contributed by atoms with Gasteiger partial charge in [0.15, 0.2) is 0 Å². The molecule has 16 heteroatoms. The van der Waals surface area contributed by atoms with Gasteiger partial charge < -0.3 is 47.6 Å². The third-order valence-corrected chi connectivity index (χ3v) is 5.36. The lowest BCUT2D eigenvalue weighted by Gasteiger charge is -2.23. The Balaban J connectivity index is 5.15. The molecule has 0 bridgehead atoms. The number of amides is 5. The number of carboxylic acids is 2. The summed E-state index contributed by atoms with van der Waals surface area (Å²) in [5.41, 5.74) is 5.71. The Morgan fingerprint density at radius 2 is 1.28 bits per heavy atom. The SMILES string of the molecule is CC(C)C[C@H](NC(=O)CNC(=O)[C@H](CC(=O)O)NC(=O)[C@H](C)NC(=O)[C@H](CO)NC(=O)[C@@H](N)C(C)C)C(=O)O. The minimum atomic E-state index is -1.65. The van der Waals surface area contributed by atoms with Gasteiger partial charge >= 0.3 is 11.9 Å². The highest BCUT2D eigenvalue weighted by molar-refractivity contribution is 5.96. The summed E-state index contributed by atoms with van der Waals surface area (Å²) < 4.78 is 0. The van der Waals surface area contributed by atoms with Gasteiger partial charge in [0.25, 0.3) is 0 Å². The summed E-state index contributed by atoms with van der Waals surface area (Å²) >= 11 is 0. The molecule has 16 nitrogen and oxygen atoms in total. The van der Waals surface area contributed by atoms with Crippen molar-refractivity contribution >= 4 is 41.5 Å². The third kappa shape index (κ3) is 13.5. The highest BCUT2D eigenvalue weighted by atomic mass is 16.4. The quantitative estimate of drug-likeness (QED) is 0.0847. The van der Waals surface area contributed by atoms with Gasteiger partial charge in [0.1, 0.15) is 24.2 Å².